The largest absolute Gasteiger partial charge is 0.468 e. The van der Waals surface area contributed by atoms with Crippen molar-refractivity contribution in [1.29, 1.82) is 0 Å². The van der Waals surface area contributed by atoms with Gasteiger partial charge in [0.25, 0.3) is 0 Å². The van der Waals surface area contributed by atoms with E-state index < -0.39 is 21.6 Å². The van der Waals surface area contributed by atoms with Gasteiger partial charge < -0.3 is 10.1 Å². The summed E-state index contributed by atoms with van der Waals surface area (Å²) in [4.78, 5) is 10.8. The molecule has 1 unspecified atom stereocenters. The smallest absolute Gasteiger partial charge is 0.320 e. The lowest BCUT2D eigenvalue weighted by atomic mass is 10.1. The molecule has 0 fully saturated rings. The summed E-state index contributed by atoms with van der Waals surface area (Å²) in [5, 5.41) is 3.10. The Labute approximate surface area is 97.5 Å². The highest BCUT2D eigenvalue weighted by molar-refractivity contribution is 7.92. The van der Waals surface area contributed by atoms with Gasteiger partial charge in [0.2, 0.25) is 0 Å². The first-order chi connectivity index (χ1) is 7.45. The van der Waals surface area contributed by atoms with E-state index in [1.807, 2.05) is 14.0 Å². The molecule has 0 aliphatic rings. The van der Waals surface area contributed by atoms with Gasteiger partial charge in [0.15, 0.2) is 9.84 Å². The lowest BCUT2D eigenvalue weighted by molar-refractivity contribution is -0.137. The number of esters is 1. The predicted molar refractivity (Wildman–Crippen MR) is 63.0 cm³/mol. The molecule has 5 nitrogen and oxygen atoms in total. The van der Waals surface area contributed by atoms with Crippen LogP contribution in [0.25, 0.3) is 0 Å². The van der Waals surface area contributed by atoms with Crippen molar-refractivity contribution < 1.29 is 17.9 Å². The number of sulfone groups is 1. The van der Waals surface area contributed by atoms with Gasteiger partial charge in [-0.3, -0.25) is 4.79 Å². The Hall–Kier alpha value is -0.620. The van der Waals surface area contributed by atoms with Crippen LogP contribution in [0.15, 0.2) is 0 Å². The van der Waals surface area contributed by atoms with Gasteiger partial charge in [0, 0.05) is 6.04 Å². The number of hydrogen-bond donors (Lipinski definition) is 1. The van der Waals surface area contributed by atoms with E-state index in [2.05, 4.69) is 10.1 Å². The van der Waals surface area contributed by atoms with Crippen molar-refractivity contribution in [2.45, 2.75) is 32.2 Å². The number of ether oxygens (including phenoxy) is 1. The van der Waals surface area contributed by atoms with Crippen LogP contribution in [-0.4, -0.2) is 46.1 Å². The third kappa shape index (κ3) is 6.79. The highest BCUT2D eigenvalue weighted by atomic mass is 32.2. The molecule has 0 aliphatic heterocycles. The predicted octanol–water partition coefficient (Wildman–Crippen LogP) is 0.352. The van der Waals surface area contributed by atoms with E-state index in [9.17, 15) is 13.2 Å². The molecule has 0 aromatic carbocycles. The number of carbonyl (C=O) groups excluding carboxylic acids is 1. The van der Waals surface area contributed by atoms with Crippen LogP contribution >= 0.6 is 0 Å². The summed E-state index contributed by atoms with van der Waals surface area (Å²) in [6.07, 6.45) is 2.33. The van der Waals surface area contributed by atoms with Crippen molar-refractivity contribution in [3.63, 3.8) is 0 Å². The second kappa shape index (κ2) is 7.62. The third-order valence-electron chi connectivity index (χ3n) is 2.47. The maximum Gasteiger partial charge on any atom is 0.320 e. The van der Waals surface area contributed by atoms with E-state index in [0.29, 0.717) is 12.5 Å². The summed E-state index contributed by atoms with van der Waals surface area (Å²) in [5.41, 5.74) is 0. The van der Waals surface area contributed by atoms with Crippen LogP contribution in [0.5, 0.6) is 0 Å². The van der Waals surface area contributed by atoms with Crippen molar-refractivity contribution in [3.05, 3.63) is 0 Å². The van der Waals surface area contributed by atoms with Crippen molar-refractivity contribution in [2.24, 2.45) is 0 Å². The Bertz CT molecular complexity index is 296. The number of hydrogen-bond acceptors (Lipinski definition) is 5. The average Bonchev–Trinajstić information content (AvgIpc) is 2.23. The van der Waals surface area contributed by atoms with E-state index >= 15 is 0 Å². The van der Waals surface area contributed by atoms with Crippen LogP contribution in [0.1, 0.15) is 26.2 Å². The lowest BCUT2D eigenvalue weighted by Gasteiger charge is -2.12. The van der Waals surface area contributed by atoms with Gasteiger partial charge in [0.05, 0.1) is 12.9 Å². The van der Waals surface area contributed by atoms with Gasteiger partial charge in [-0.05, 0) is 26.3 Å². The topological polar surface area (TPSA) is 72.5 Å². The molecular formula is C10H21NO4S. The minimum Gasteiger partial charge on any atom is -0.468 e. The molecule has 1 N–H and O–H groups in total. The zero-order chi connectivity index (χ0) is 12.6. The maximum atomic E-state index is 11.4. The molecular weight excluding hydrogens is 230 g/mol. The average molecular weight is 251 g/mol. The van der Waals surface area contributed by atoms with E-state index in [4.69, 9.17) is 0 Å². The van der Waals surface area contributed by atoms with Gasteiger partial charge in [-0.25, -0.2) is 8.42 Å². The Kier molecular flexibility index (Phi) is 7.33. The lowest BCUT2D eigenvalue weighted by Crippen LogP contribution is -2.26. The molecule has 6 heteroatoms. The number of nitrogens with one attached hydrogen (secondary N) is 1. The Morgan fingerprint density at radius 1 is 1.44 bits per heavy atom. The van der Waals surface area contributed by atoms with Crippen LogP contribution in [-0.2, 0) is 19.4 Å². The fraction of sp³-hybridized carbons (Fsp3) is 0.900. The van der Waals surface area contributed by atoms with Gasteiger partial charge in [-0.1, -0.05) is 6.92 Å². The molecule has 0 saturated heterocycles. The van der Waals surface area contributed by atoms with E-state index in [1.54, 1.807) is 0 Å². The second-order valence-corrected chi connectivity index (χ2v) is 5.89. The number of methoxy groups -OCH3 is 1. The first-order valence-electron chi connectivity index (χ1n) is 5.39. The van der Waals surface area contributed by atoms with Gasteiger partial charge in [-0.2, -0.15) is 0 Å². The summed E-state index contributed by atoms with van der Waals surface area (Å²) in [6.45, 7) is 2.05. The van der Waals surface area contributed by atoms with E-state index in [0.717, 1.165) is 12.8 Å². The number of rotatable bonds is 8. The van der Waals surface area contributed by atoms with Crippen LogP contribution in [0.4, 0.5) is 0 Å². The monoisotopic (exact) mass is 251 g/mol. The molecule has 0 heterocycles. The van der Waals surface area contributed by atoms with Gasteiger partial charge >= 0.3 is 5.97 Å². The summed E-state index contributed by atoms with van der Waals surface area (Å²) in [6, 6.07) is 0.341. The Balaban J connectivity index is 3.95. The van der Waals surface area contributed by atoms with Gasteiger partial charge in [0.1, 0.15) is 5.75 Å². The van der Waals surface area contributed by atoms with Crippen LogP contribution in [0, 0.1) is 0 Å². The zero-order valence-electron chi connectivity index (χ0n) is 10.2. The Morgan fingerprint density at radius 3 is 2.50 bits per heavy atom. The molecule has 0 radical (unpaired) electrons. The van der Waals surface area contributed by atoms with Crippen LogP contribution in [0.3, 0.4) is 0 Å². The molecule has 96 valence electrons. The standard InChI is InChI=1S/C10H21NO4S/c1-4-9(11-2)6-5-7-16(13,14)8-10(12)15-3/h9,11H,4-8H2,1-3H3. The minimum atomic E-state index is -3.31. The molecule has 0 spiro atoms. The number of carbonyl (C=O) groups is 1. The quantitative estimate of drug-likeness (QED) is 0.630. The highest BCUT2D eigenvalue weighted by Gasteiger charge is 2.17. The first-order valence-corrected chi connectivity index (χ1v) is 7.21. The van der Waals surface area contributed by atoms with Crippen LogP contribution in [0.2, 0.25) is 0 Å². The molecule has 0 aromatic heterocycles. The molecule has 0 saturated carbocycles. The zero-order valence-corrected chi connectivity index (χ0v) is 11.0. The molecule has 16 heavy (non-hydrogen) atoms. The molecule has 0 aromatic rings. The summed E-state index contributed by atoms with van der Waals surface area (Å²) in [7, 11) is -0.263. The summed E-state index contributed by atoms with van der Waals surface area (Å²) in [5.74, 6) is -1.17. The molecule has 0 rings (SSSR count). The molecule has 0 bridgehead atoms. The highest BCUT2D eigenvalue weighted by Crippen LogP contribution is 2.04. The minimum absolute atomic E-state index is 0.0419. The van der Waals surface area contributed by atoms with E-state index in [1.165, 1.54) is 7.11 Å². The van der Waals surface area contributed by atoms with Crippen molar-refractivity contribution >= 4 is 15.8 Å². The van der Waals surface area contributed by atoms with Crippen molar-refractivity contribution in [1.82, 2.24) is 5.32 Å². The maximum absolute atomic E-state index is 11.4. The normalized spacial score (nSPS) is 13.4. The van der Waals surface area contributed by atoms with Crippen molar-refractivity contribution in [3.8, 4) is 0 Å². The van der Waals surface area contributed by atoms with Crippen molar-refractivity contribution in [2.75, 3.05) is 25.7 Å². The molecule has 1 atom stereocenters. The van der Waals surface area contributed by atoms with E-state index in [-0.39, 0.29) is 5.75 Å². The molecule has 0 amide bonds. The summed E-state index contributed by atoms with van der Waals surface area (Å²) >= 11 is 0. The van der Waals surface area contributed by atoms with Crippen LogP contribution < -0.4 is 5.32 Å². The Morgan fingerprint density at radius 2 is 2.06 bits per heavy atom. The third-order valence-corrected chi connectivity index (χ3v) is 4.06. The fourth-order valence-electron chi connectivity index (χ4n) is 1.41. The summed E-state index contributed by atoms with van der Waals surface area (Å²) < 4.78 is 27.2. The molecule has 0 aliphatic carbocycles. The SMILES string of the molecule is CCC(CCCS(=O)(=O)CC(=O)OC)NC. The van der Waals surface area contributed by atoms with Gasteiger partial charge in [-0.15, -0.1) is 0 Å². The fourth-order valence-corrected chi connectivity index (χ4v) is 2.64. The first kappa shape index (κ1) is 15.4. The second-order valence-electron chi connectivity index (χ2n) is 3.70.